The van der Waals surface area contributed by atoms with Gasteiger partial charge in [-0.1, -0.05) is 0 Å². The van der Waals surface area contributed by atoms with E-state index >= 15 is 0 Å². The zero-order valence-corrected chi connectivity index (χ0v) is 9.88. The van der Waals surface area contributed by atoms with Crippen molar-refractivity contribution in [2.75, 3.05) is 0 Å². The Morgan fingerprint density at radius 1 is 1.50 bits per heavy atom. The number of hydrogen-bond acceptors (Lipinski definition) is 1. The summed E-state index contributed by atoms with van der Waals surface area (Å²) in [4.78, 5) is 0. The minimum atomic E-state index is 0. The van der Waals surface area contributed by atoms with Gasteiger partial charge in [0.1, 0.15) is 0 Å². The fourth-order valence-electron chi connectivity index (χ4n) is 0. The summed E-state index contributed by atoms with van der Waals surface area (Å²) in [5.41, 5.74) is 0. The Morgan fingerprint density at radius 3 is 1.50 bits per heavy atom. The molecule has 0 aromatic rings. The first-order valence-corrected chi connectivity index (χ1v) is 1.50. The van der Waals surface area contributed by atoms with Crippen LogP contribution in [0.15, 0.2) is 0 Å². The van der Waals surface area contributed by atoms with Crippen LogP contribution in [0.5, 0.6) is 0 Å². The van der Waals surface area contributed by atoms with E-state index in [1.807, 2.05) is 0 Å². The third-order valence-electron chi connectivity index (χ3n) is 0. The molecule has 4 heavy (non-hydrogen) atoms. The molecule has 0 amide bonds. The SMILES string of the molecule is [H-].[H-].[Mg+2].[O]=[GaH].[Zn]. The molecule has 0 saturated carbocycles. The van der Waals surface area contributed by atoms with Crippen LogP contribution in [0.1, 0.15) is 2.85 Å². The molecule has 0 bridgehead atoms. The van der Waals surface area contributed by atoms with Gasteiger partial charge in [0.25, 0.3) is 0 Å². The molecule has 0 aromatic carbocycles. The van der Waals surface area contributed by atoms with Gasteiger partial charge in [0.2, 0.25) is 0 Å². The maximum atomic E-state index is 8.38. The molecular weight excluding hydrogens is 175 g/mol. The second-order valence-electron chi connectivity index (χ2n) is 0. The first-order valence-electron chi connectivity index (χ1n) is 0.289. The molecule has 0 aromatic heterocycles. The molecule has 0 aliphatic rings. The molecule has 16 valence electrons. The van der Waals surface area contributed by atoms with E-state index < -0.39 is 0 Å². The van der Waals surface area contributed by atoms with Gasteiger partial charge in [-0.25, -0.2) is 0 Å². The summed E-state index contributed by atoms with van der Waals surface area (Å²) >= 11 is 0.125. The fourth-order valence-corrected chi connectivity index (χ4v) is 0. The molecule has 0 N–H and O–H groups in total. The van der Waals surface area contributed by atoms with Crippen molar-refractivity contribution < 1.29 is 25.9 Å². The van der Waals surface area contributed by atoms with Gasteiger partial charge >= 0.3 is 45.1 Å². The molecule has 4 heteroatoms. The molecule has 0 aliphatic carbocycles. The summed E-state index contributed by atoms with van der Waals surface area (Å²) in [5.74, 6) is 0. The van der Waals surface area contributed by atoms with E-state index in [9.17, 15) is 0 Å². The third-order valence-corrected chi connectivity index (χ3v) is 0. The van der Waals surface area contributed by atoms with Crippen LogP contribution >= 0.6 is 0 Å². The summed E-state index contributed by atoms with van der Waals surface area (Å²) in [5, 5.41) is 0. The van der Waals surface area contributed by atoms with Gasteiger partial charge in [0, 0.05) is 19.5 Å². The van der Waals surface area contributed by atoms with Crippen molar-refractivity contribution in [3.8, 4) is 0 Å². The molecule has 0 fully saturated rings. The van der Waals surface area contributed by atoms with Gasteiger partial charge in [-0.3, -0.25) is 0 Å². The van der Waals surface area contributed by atoms with Gasteiger partial charge in [-0.05, 0) is 0 Å². The number of rotatable bonds is 0. The van der Waals surface area contributed by atoms with Crippen molar-refractivity contribution in [3.63, 3.8) is 0 Å². The van der Waals surface area contributed by atoms with Crippen molar-refractivity contribution in [1.29, 1.82) is 0 Å². The van der Waals surface area contributed by atoms with E-state index in [0.717, 1.165) is 0 Å². The molecule has 1 nitrogen and oxygen atoms in total. The molecule has 0 spiro atoms. The second-order valence-corrected chi connectivity index (χ2v) is 0. The Labute approximate surface area is 67.0 Å². The zero-order valence-electron chi connectivity index (χ0n) is 4.53. The second kappa shape index (κ2) is 21.2. The van der Waals surface area contributed by atoms with Crippen molar-refractivity contribution in [2.24, 2.45) is 0 Å². The Balaban J connectivity index is -0.000000000833. The van der Waals surface area contributed by atoms with Crippen LogP contribution in [-0.4, -0.2) is 41.6 Å². The quantitative estimate of drug-likeness (QED) is 0.438. The third kappa shape index (κ3) is 9.16. The Kier molecular flexibility index (Phi) is 90.0. The average Bonchev–Trinajstić information content (AvgIpc) is 1.00. The average molecular weight is 178 g/mol. The molecule has 0 rings (SSSR count). The first kappa shape index (κ1) is 17.0. The molecular formula is H3GaMgOZn. The van der Waals surface area contributed by atoms with Crippen molar-refractivity contribution in [3.05, 3.63) is 0 Å². The summed E-state index contributed by atoms with van der Waals surface area (Å²) in [6, 6.07) is 0. The minimum absolute atomic E-state index is 0. The monoisotopic (exact) mass is 176 g/mol. The van der Waals surface area contributed by atoms with Crippen LogP contribution in [0.3, 0.4) is 0 Å². The molecule has 0 aliphatic heterocycles. The van der Waals surface area contributed by atoms with E-state index in [0.29, 0.717) is 0 Å². The van der Waals surface area contributed by atoms with E-state index in [1.165, 1.54) is 0 Å². The van der Waals surface area contributed by atoms with Crippen LogP contribution in [0.4, 0.5) is 0 Å². The van der Waals surface area contributed by atoms with Crippen molar-refractivity contribution in [1.82, 2.24) is 0 Å². The van der Waals surface area contributed by atoms with Gasteiger partial charge in [-0.2, -0.15) is 0 Å². The molecule has 0 heterocycles. The molecule has 0 atom stereocenters. The van der Waals surface area contributed by atoms with Gasteiger partial charge in [-0.15, -0.1) is 0 Å². The largest absolute Gasteiger partial charge is 0 e. The van der Waals surface area contributed by atoms with Crippen LogP contribution < -0.4 is 0 Å². The van der Waals surface area contributed by atoms with Crippen LogP contribution in [0.2, 0.25) is 0 Å². The Bertz CT molecular complexity index is 13.5. The maximum absolute atomic E-state index is 8.38. The summed E-state index contributed by atoms with van der Waals surface area (Å²) < 4.78 is 8.38. The predicted octanol–water partition coefficient (Wildman–Crippen LogP) is -0.926. The van der Waals surface area contributed by atoms with Crippen molar-refractivity contribution in [2.45, 2.75) is 0 Å². The standard InChI is InChI=1S/Ga.Mg.O.Zn.3H/q;+2;;;;2*-1. The first-order chi connectivity index (χ1) is 1.00. The van der Waals surface area contributed by atoms with Crippen LogP contribution in [-0.2, 0) is 23.0 Å². The van der Waals surface area contributed by atoms with Crippen LogP contribution in [0.25, 0.3) is 0 Å². The van der Waals surface area contributed by atoms with Crippen LogP contribution in [0, 0.1) is 0 Å². The van der Waals surface area contributed by atoms with E-state index in [-0.39, 0.29) is 63.9 Å². The number of hydrogen-bond donors (Lipinski definition) is 0. The Morgan fingerprint density at radius 2 is 1.50 bits per heavy atom. The summed E-state index contributed by atoms with van der Waals surface area (Å²) in [7, 11) is 0. The van der Waals surface area contributed by atoms with Crippen molar-refractivity contribution >= 4 is 41.6 Å². The zero-order chi connectivity index (χ0) is 2.00. The smallest absolute Gasteiger partial charge is 0 e. The van der Waals surface area contributed by atoms with Gasteiger partial charge in [0.05, 0.1) is 0 Å². The topological polar surface area (TPSA) is 17.1 Å². The normalized spacial score (nSPS) is 0.750. The van der Waals surface area contributed by atoms with E-state index in [2.05, 4.69) is 0 Å². The summed E-state index contributed by atoms with van der Waals surface area (Å²) in [6.45, 7) is 0. The van der Waals surface area contributed by atoms with E-state index in [1.54, 1.807) is 0 Å². The minimum Gasteiger partial charge on any atom is 0 e. The summed E-state index contributed by atoms with van der Waals surface area (Å²) in [6.07, 6.45) is 0. The fraction of sp³-hybridized carbons (Fsp3) is 0. The Hall–Kier alpha value is 1.83. The van der Waals surface area contributed by atoms with E-state index in [4.69, 9.17) is 3.54 Å². The molecule has 0 radical (unpaired) electrons. The molecule has 0 unspecified atom stereocenters. The maximum Gasteiger partial charge on any atom is 0 e. The van der Waals surface area contributed by atoms with Gasteiger partial charge < -0.3 is 2.85 Å². The van der Waals surface area contributed by atoms with Gasteiger partial charge in [0.15, 0.2) is 0 Å². The molecule has 0 saturated heterocycles. The predicted molar refractivity (Wildman–Crippen MR) is 15.8 cm³/mol.